The number of aromatic nitrogens is 1. The Morgan fingerprint density at radius 1 is 1.38 bits per heavy atom. The first kappa shape index (κ1) is 12.1. The van der Waals surface area contributed by atoms with Crippen molar-refractivity contribution < 1.29 is 0 Å². The van der Waals surface area contributed by atoms with Gasteiger partial charge in [-0.2, -0.15) is 0 Å². The molecule has 0 spiro atoms. The summed E-state index contributed by atoms with van der Waals surface area (Å²) < 4.78 is 0. The summed E-state index contributed by atoms with van der Waals surface area (Å²) in [6.07, 6.45) is 2.82. The van der Waals surface area contributed by atoms with Crippen LogP contribution in [-0.2, 0) is 6.54 Å². The lowest BCUT2D eigenvalue weighted by Crippen LogP contribution is -2.35. The van der Waals surface area contributed by atoms with E-state index in [2.05, 4.69) is 38.0 Å². The van der Waals surface area contributed by atoms with Crippen LogP contribution in [0.2, 0.25) is 0 Å². The molecule has 1 aromatic heterocycles. The average Bonchev–Trinajstić information content (AvgIpc) is 2.96. The Balaban J connectivity index is 1.90. The van der Waals surface area contributed by atoms with Gasteiger partial charge in [0.25, 0.3) is 0 Å². The molecule has 1 aliphatic carbocycles. The van der Waals surface area contributed by atoms with Gasteiger partial charge in [0, 0.05) is 17.5 Å². The number of aryl methyl sites for hydroxylation is 2. The van der Waals surface area contributed by atoms with E-state index in [0.717, 1.165) is 18.4 Å². The Hall–Kier alpha value is -0.410. The standard InChI is InChI=1S/C13H22N2S/c1-8(2)13(11-5-6-11)14-7-12-15-9(3)10(4)16-12/h8,11,13-14H,5-7H2,1-4H3. The fourth-order valence-corrected chi connectivity index (χ4v) is 3.11. The summed E-state index contributed by atoms with van der Waals surface area (Å²) in [5.41, 5.74) is 1.19. The molecule has 1 atom stereocenters. The Morgan fingerprint density at radius 3 is 2.50 bits per heavy atom. The highest BCUT2D eigenvalue weighted by molar-refractivity contribution is 7.11. The quantitative estimate of drug-likeness (QED) is 0.851. The maximum Gasteiger partial charge on any atom is 0.107 e. The highest BCUT2D eigenvalue weighted by atomic mass is 32.1. The third kappa shape index (κ3) is 2.83. The molecule has 2 rings (SSSR count). The van der Waals surface area contributed by atoms with Crippen LogP contribution < -0.4 is 5.32 Å². The van der Waals surface area contributed by atoms with E-state index in [1.165, 1.54) is 28.4 Å². The molecular weight excluding hydrogens is 216 g/mol. The van der Waals surface area contributed by atoms with Gasteiger partial charge < -0.3 is 5.32 Å². The van der Waals surface area contributed by atoms with Gasteiger partial charge in [0.2, 0.25) is 0 Å². The number of hydrogen-bond acceptors (Lipinski definition) is 3. The average molecular weight is 238 g/mol. The molecule has 16 heavy (non-hydrogen) atoms. The summed E-state index contributed by atoms with van der Waals surface area (Å²) in [6.45, 7) is 9.81. The van der Waals surface area contributed by atoms with Gasteiger partial charge in [0.1, 0.15) is 5.01 Å². The van der Waals surface area contributed by atoms with E-state index < -0.39 is 0 Å². The first-order valence-corrected chi connectivity index (χ1v) is 7.06. The molecule has 0 radical (unpaired) electrons. The Morgan fingerprint density at radius 2 is 2.06 bits per heavy atom. The van der Waals surface area contributed by atoms with Crippen LogP contribution in [0.15, 0.2) is 0 Å². The van der Waals surface area contributed by atoms with Gasteiger partial charge in [-0.1, -0.05) is 13.8 Å². The Bertz CT molecular complexity index is 331. The van der Waals surface area contributed by atoms with Crippen LogP contribution in [0.3, 0.4) is 0 Å². The maximum atomic E-state index is 4.58. The highest BCUT2D eigenvalue weighted by Gasteiger charge is 2.32. The van der Waals surface area contributed by atoms with E-state index in [1.54, 1.807) is 0 Å². The Labute approximate surface area is 102 Å². The Kier molecular flexibility index (Phi) is 3.65. The summed E-state index contributed by atoms with van der Waals surface area (Å²) >= 11 is 1.83. The van der Waals surface area contributed by atoms with E-state index in [4.69, 9.17) is 0 Å². The van der Waals surface area contributed by atoms with Crippen molar-refractivity contribution in [1.82, 2.24) is 10.3 Å². The highest BCUT2D eigenvalue weighted by Crippen LogP contribution is 2.35. The molecule has 90 valence electrons. The van der Waals surface area contributed by atoms with Crippen molar-refractivity contribution >= 4 is 11.3 Å². The summed E-state index contributed by atoms with van der Waals surface area (Å²) in [5.74, 6) is 1.65. The molecule has 0 aliphatic heterocycles. The molecule has 1 aromatic rings. The van der Waals surface area contributed by atoms with Gasteiger partial charge in [-0.15, -0.1) is 11.3 Å². The minimum Gasteiger partial charge on any atom is -0.307 e. The van der Waals surface area contributed by atoms with Crippen molar-refractivity contribution in [3.05, 3.63) is 15.6 Å². The molecule has 1 fully saturated rings. The van der Waals surface area contributed by atoms with Crippen LogP contribution in [0.25, 0.3) is 0 Å². The van der Waals surface area contributed by atoms with Crippen molar-refractivity contribution in [2.45, 2.75) is 53.1 Å². The molecule has 1 unspecified atom stereocenters. The zero-order valence-electron chi connectivity index (χ0n) is 10.7. The maximum absolute atomic E-state index is 4.58. The lowest BCUT2D eigenvalue weighted by molar-refractivity contribution is 0.359. The van der Waals surface area contributed by atoms with E-state index in [-0.39, 0.29) is 0 Å². The topological polar surface area (TPSA) is 24.9 Å². The molecular formula is C13H22N2S. The van der Waals surface area contributed by atoms with Gasteiger partial charge in [-0.25, -0.2) is 4.98 Å². The second kappa shape index (κ2) is 4.84. The first-order chi connectivity index (χ1) is 7.58. The molecule has 1 heterocycles. The normalized spacial score (nSPS) is 18.1. The van der Waals surface area contributed by atoms with E-state index in [0.29, 0.717) is 6.04 Å². The van der Waals surface area contributed by atoms with Crippen molar-refractivity contribution in [1.29, 1.82) is 0 Å². The number of thiazole rings is 1. The molecule has 1 N–H and O–H groups in total. The van der Waals surface area contributed by atoms with Gasteiger partial charge >= 0.3 is 0 Å². The van der Waals surface area contributed by atoms with Crippen molar-refractivity contribution in [3.63, 3.8) is 0 Å². The van der Waals surface area contributed by atoms with Crippen molar-refractivity contribution in [3.8, 4) is 0 Å². The summed E-state index contributed by atoms with van der Waals surface area (Å²) in [5, 5.41) is 4.92. The number of nitrogens with zero attached hydrogens (tertiary/aromatic N) is 1. The number of rotatable bonds is 5. The van der Waals surface area contributed by atoms with Crippen LogP contribution in [-0.4, -0.2) is 11.0 Å². The number of nitrogens with one attached hydrogen (secondary N) is 1. The third-order valence-corrected chi connectivity index (χ3v) is 4.48. The molecule has 0 aromatic carbocycles. The molecule has 0 bridgehead atoms. The minimum atomic E-state index is 0.685. The summed E-state index contributed by atoms with van der Waals surface area (Å²) in [6, 6.07) is 0.685. The van der Waals surface area contributed by atoms with Gasteiger partial charge in [-0.05, 0) is 38.5 Å². The molecule has 2 nitrogen and oxygen atoms in total. The third-order valence-electron chi connectivity index (χ3n) is 3.41. The van der Waals surface area contributed by atoms with Gasteiger partial charge in [0.05, 0.1) is 5.69 Å². The number of hydrogen-bond donors (Lipinski definition) is 1. The summed E-state index contributed by atoms with van der Waals surface area (Å²) in [7, 11) is 0. The summed E-state index contributed by atoms with van der Waals surface area (Å²) in [4.78, 5) is 5.93. The molecule has 1 aliphatic rings. The fourth-order valence-electron chi connectivity index (χ4n) is 2.22. The second-order valence-corrected chi connectivity index (χ2v) is 6.53. The largest absolute Gasteiger partial charge is 0.307 e. The lowest BCUT2D eigenvalue weighted by Gasteiger charge is -2.21. The van der Waals surface area contributed by atoms with Crippen LogP contribution in [0, 0.1) is 25.7 Å². The molecule has 1 saturated carbocycles. The minimum absolute atomic E-state index is 0.685. The second-order valence-electron chi connectivity index (χ2n) is 5.24. The van der Waals surface area contributed by atoms with Crippen LogP contribution in [0.4, 0.5) is 0 Å². The van der Waals surface area contributed by atoms with E-state index in [9.17, 15) is 0 Å². The fraction of sp³-hybridized carbons (Fsp3) is 0.769. The first-order valence-electron chi connectivity index (χ1n) is 6.24. The zero-order valence-corrected chi connectivity index (χ0v) is 11.5. The van der Waals surface area contributed by atoms with Crippen molar-refractivity contribution in [2.75, 3.05) is 0 Å². The SMILES string of the molecule is Cc1nc(CNC(C(C)C)C2CC2)sc1C. The van der Waals surface area contributed by atoms with Gasteiger partial charge in [-0.3, -0.25) is 0 Å². The van der Waals surface area contributed by atoms with Gasteiger partial charge in [0.15, 0.2) is 0 Å². The molecule has 0 saturated heterocycles. The van der Waals surface area contributed by atoms with Crippen LogP contribution in [0.5, 0.6) is 0 Å². The van der Waals surface area contributed by atoms with Crippen molar-refractivity contribution in [2.24, 2.45) is 11.8 Å². The predicted octanol–water partition coefficient (Wildman–Crippen LogP) is 3.28. The smallest absolute Gasteiger partial charge is 0.107 e. The molecule has 0 amide bonds. The van der Waals surface area contributed by atoms with Crippen LogP contribution in [0.1, 0.15) is 42.3 Å². The zero-order chi connectivity index (χ0) is 11.7. The van der Waals surface area contributed by atoms with Crippen LogP contribution >= 0.6 is 11.3 Å². The molecule has 3 heteroatoms. The monoisotopic (exact) mass is 238 g/mol. The van der Waals surface area contributed by atoms with E-state index >= 15 is 0 Å². The predicted molar refractivity (Wildman–Crippen MR) is 69.8 cm³/mol. The lowest BCUT2D eigenvalue weighted by atomic mass is 10.00. The van der Waals surface area contributed by atoms with E-state index in [1.807, 2.05) is 11.3 Å².